The highest BCUT2D eigenvalue weighted by atomic mass is 35.5. The fourth-order valence-electron chi connectivity index (χ4n) is 1.83. The number of hydrogen-bond acceptors (Lipinski definition) is 4. The van der Waals surface area contributed by atoms with E-state index in [0.29, 0.717) is 5.02 Å². The lowest BCUT2D eigenvalue weighted by Crippen LogP contribution is -2.55. The Kier molecular flexibility index (Phi) is 7.33. The number of quaternary nitrogens is 1. The standard InChI is InChI=1S/C12H17Cl3NO4/c13-9-7-10(14)12(15)11(8-9)20-16(1-4-17,2-5-18)3-6-19/h7-8,17-19H,1-6H2/q+1. The molecule has 0 aliphatic rings. The molecule has 5 nitrogen and oxygen atoms in total. The van der Waals surface area contributed by atoms with Gasteiger partial charge in [0.15, 0.2) is 0 Å². The molecule has 0 amide bonds. The molecule has 0 saturated carbocycles. The zero-order chi connectivity index (χ0) is 15.2. The van der Waals surface area contributed by atoms with Crippen molar-refractivity contribution in [2.75, 3.05) is 39.5 Å². The van der Waals surface area contributed by atoms with E-state index in [9.17, 15) is 0 Å². The summed E-state index contributed by atoms with van der Waals surface area (Å²) in [6.45, 7) is 0.0223. The van der Waals surface area contributed by atoms with Crippen molar-refractivity contribution in [3.8, 4) is 5.75 Å². The Hall–Kier alpha value is -0.270. The highest BCUT2D eigenvalue weighted by molar-refractivity contribution is 6.44. The second-order valence-corrected chi connectivity index (χ2v) is 5.41. The molecule has 0 aliphatic carbocycles. The van der Waals surface area contributed by atoms with Crippen molar-refractivity contribution in [1.82, 2.24) is 0 Å². The maximum Gasteiger partial charge on any atom is 0.211 e. The third-order valence-corrected chi connectivity index (χ3v) is 3.78. The molecule has 114 valence electrons. The van der Waals surface area contributed by atoms with E-state index in [1.54, 1.807) is 0 Å². The summed E-state index contributed by atoms with van der Waals surface area (Å²) in [5.74, 6) is 0.236. The van der Waals surface area contributed by atoms with Crippen LogP contribution in [0.3, 0.4) is 0 Å². The molecular weight excluding hydrogens is 328 g/mol. The molecule has 0 atom stereocenters. The van der Waals surface area contributed by atoms with E-state index >= 15 is 0 Å². The lowest BCUT2D eigenvalue weighted by molar-refractivity contribution is -1.08. The van der Waals surface area contributed by atoms with Gasteiger partial charge in [0, 0.05) is 11.1 Å². The number of halogens is 3. The van der Waals surface area contributed by atoms with E-state index < -0.39 is 0 Å². The van der Waals surface area contributed by atoms with Crippen LogP contribution in [0.2, 0.25) is 15.1 Å². The number of nitrogens with zero attached hydrogens (tertiary/aromatic N) is 1. The average molecular weight is 346 g/mol. The first-order valence-corrected chi connectivity index (χ1v) is 7.14. The van der Waals surface area contributed by atoms with Crippen molar-refractivity contribution in [2.45, 2.75) is 0 Å². The average Bonchev–Trinajstić information content (AvgIpc) is 2.36. The quantitative estimate of drug-likeness (QED) is 0.381. The van der Waals surface area contributed by atoms with E-state index in [0.717, 1.165) is 0 Å². The zero-order valence-corrected chi connectivity index (χ0v) is 13.0. The number of hydrogen-bond donors (Lipinski definition) is 3. The van der Waals surface area contributed by atoms with Crippen LogP contribution < -0.4 is 4.84 Å². The molecule has 0 bridgehead atoms. The van der Waals surface area contributed by atoms with Gasteiger partial charge in [0.25, 0.3) is 0 Å². The highest BCUT2D eigenvalue weighted by Gasteiger charge is 2.31. The summed E-state index contributed by atoms with van der Waals surface area (Å²) >= 11 is 17.9. The van der Waals surface area contributed by atoms with Gasteiger partial charge in [-0.15, -0.1) is 4.65 Å². The van der Waals surface area contributed by atoms with E-state index in [1.807, 2.05) is 0 Å². The predicted molar refractivity (Wildman–Crippen MR) is 78.2 cm³/mol. The molecule has 1 aromatic carbocycles. The molecule has 0 heterocycles. The van der Waals surface area contributed by atoms with Crippen LogP contribution in [0, 0.1) is 0 Å². The van der Waals surface area contributed by atoms with Crippen LogP contribution in [0.4, 0.5) is 0 Å². The predicted octanol–water partition coefficient (Wildman–Crippen LogP) is 1.73. The Morgan fingerprint density at radius 1 is 0.900 bits per heavy atom. The minimum atomic E-state index is -0.181. The third-order valence-electron chi connectivity index (χ3n) is 2.77. The minimum Gasteiger partial charge on any atom is -0.390 e. The molecule has 0 unspecified atom stereocenters. The normalized spacial score (nSPS) is 11.7. The molecule has 3 N–H and O–H groups in total. The molecule has 0 fully saturated rings. The number of aliphatic hydroxyl groups is 3. The fraction of sp³-hybridized carbons (Fsp3) is 0.500. The van der Waals surface area contributed by atoms with Crippen LogP contribution in [0.15, 0.2) is 12.1 Å². The Morgan fingerprint density at radius 2 is 1.40 bits per heavy atom. The van der Waals surface area contributed by atoms with Crippen LogP contribution in [0.25, 0.3) is 0 Å². The molecule has 0 radical (unpaired) electrons. The van der Waals surface area contributed by atoms with Crippen LogP contribution in [-0.2, 0) is 0 Å². The largest absolute Gasteiger partial charge is 0.390 e. The maximum atomic E-state index is 9.17. The van der Waals surface area contributed by atoms with E-state index in [1.165, 1.54) is 12.1 Å². The van der Waals surface area contributed by atoms with Gasteiger partial charge in [-0.2, -0.15) is 0 Å². The van der Waals surface area contributed by atoms with Gasteiger partial charge in [-0.1, -0.05) is 34.8 Å². The fourth-order valence-corrected chi connectivity index (χ4v) is 2.44. The van der Waals surface area contributed by atoms with Gasteiger partial charge >= 0.3 is 0 Å². The summed E-state index contributed by atoms with van der Waals surface area (Å²) in [7, 11) is 0. The summed E-state index contributed by atoms with van der Waals surface area (Å²) in [4.78, 5) is 5.77. The lowest BCUT2D eigenvalue weighted by atomic mass is 10.3. The first-order chi connectivity index (χ1) is 9.48. The van der Waals surface area contributed by atoms with Gasteiger partial charge in [0.2, 0.25) is 5.75 Å². The van der Waals surface area contributed by atoms with Crippen molar-refractivity contribution in [3.05, 3.63) is 27.2 Å². The molecular formula is C12H17Cl3NO4+. The Morgan fingerprint density at radius 3 is 1.85 bits per heavy atom. The lowest BCUT2D eigenvalue weighted by Gasteiger charge is -2.34. The van der Waals surface area contributed by atoms with Crippen molar-refractivity contribution in [3.63, 3.8) is 0 Å². The van der Waals surface area contributed by atoms with E-state index in [-0.39, 0.29) is 59.9 Å². The van der Waals surface area contributed by atoms with Crippen LogP contribution in [0.5, 0.6) is 5.75 Å². The Bertz CT molecular complexity index is 428. The molecule has 0 aliphatic heterocycles. The number of rotatable bonds is 8. The molecule has 0 saturated heterocycles. The minimum absolute atomic E-state index is 0.175. The summed E-state index contributed by atoms with van der Waals surface area (Å²) < 4.78 is -0.181. The SMILES string of the molecule is OCC[N+](CCO)(CCO)Oc1cc(Cl)cc(Cl)c1Cl. The van der Waals surface area contributed by atoms with Gasteiger partial charge in [-0.3, -0.25) is 0 Å². The molecule has 8 heteroatoms. The van der Waals surface area contributed by atoms with Gasteiger partial charge in [-0.25, -0.2) is 0 Å². The molecule has 1 aromatic rings. The van der Waals surface area contributed by atoms with Crippen LogP contribution in [0.1, 0.15) is 0 Å². The maximum absolute atomic E-state index is 9.17. The number of aliphatic hydroxyl groups excluding tert-OH is 3. The Balaban J connectivity index is 3.10. The molecule has 0 aromatic heterocycles. The molecule has 20 heavy (non-hydrogen) atoms. The van der Waals surface area contributed by atoms with Crippen molar-refractivity contribution in [2.24, 2.45) is 0 Å². The second-order valence-electron chi connectivity index (χ2n) is 4.19. The van der Waals surface area contributed by atoms with Gasteiger partial charge < -0.3 is 20.2 Å². The summed E-state index contributed by atoms with van der Waals surface area (Å²) in [6.07, 6.45) is 0. The van der Waals surface area contributed by atoms with Crippen LogP contribution in [-0.4, -0.2) is 59.4 Å². The Labute approximate surface area is 132 Å². The summed E-state index contributed by atoms with van der Waals surface area (Å²) in [5.41, 5.74) is 0. The topological polar surface area (TPSA) is 69.9 Å². The number of hydroxylamine groups is 3. The first-order valence-electron chi connectivity index (χ1n) is 6.01. The molecule has 1 rings (SSSR count). The first kappa shape index (κ1) is 17.8. The van der Waals surface area contributed by atoms with Crippen molar-refractivity contribution < 1.29 is 24.8 Å². The molecule has 0 spiro atoms. The zero-order valence-electron chi connectivity index (χ0n) is 10.7. The van der Waals surface area contributed by atoms with E-state index in [4.69, 9.17) is 55.0 Å². The third kappa shape index (κ3) is 4.63. The summed E-state index contributed by atoms with van der Waals surface area (Å²) in [6, 6.07) is 2.98. The summed E-state index contributed by atoms with van der Waals surface area (Å²) in [5, 5.41) is 28.3. The van der Waals surface area contributed by atoms with Gasteiger partial charge in [0.05, 0.1) is 24.8 Å². The smallest absolute Gasteiger partial charge is 0.211 e. The van der Waals surface area contributed by atoms with Gasteiger partial charge in [0.1, 0.15) is 24.7 Å². The second kappa shape index (κ2) is 8.24. The van der Waals surface area contributed by atoms with Crippen LogP contribution >= 0.6 is 34.8 Å². The highest BCUT2D eigenvalue weighted by Crippen LogP contribution is 2.36. The van der Waals surface area contributed by atoms with Gasteiger partial charge in [-0.05, 0) is 6.07 Å². The monoisotopic (exact) mass is 344 g/mol. The van der Waals surface area contributed by atoms with Crippen molar-refractivity contribution >= 4 is 34.8 Å². The van der Waals surface area contributed by atoms with E-state index in [2.05, 4.69) is 0 Å². The number of benzene rings is 1. The van der Waals surface area contributed by atoms with Crippen molar-refractivity contribution in [1.29, 1.82) is 0 Å².